The molecule has 0 atom stereocenters. The average Bonchev–Trinajstić information content (AvgIpc) is 2.63. The van der Waals surface area contributed by atoms with E-state index in [2.05, 4.69) is 33.5 Å². The van der Waals surface area contributed by atoms with Crippen LogP contribution in [-0.4, -0.2) is 42.0 Å². The van der Waals surface area contributed by atoms with Crippen molar-refractivity contribution in [2.24, 2.45) is 0 Å². The van der Waals surface area contributed by atoms with Crippen LogP contribution in [0, 0.1) is 0 Å². The molecule has 2 N–H and O–H groups in total. The molecule has 0 spiro atoms. The second-order valence-corrected chi connectivity index (χ2v) is 4.81. The SMILES string of the molecule is CCCNc1ncccc1CN1CCNC(=O)CC1. The normalized spacial score (nSPS) is 16.8. The molecule has 104 valence electrons. The predicted molar refractivity (Wildman–Crippen MR) is 75.9 cm³/mol. The molecule has 0 unspecified atom stereocenters. The Morgan fingerprint density at radius 1 is 1.47 bits per heavy atom. The summed E-state index contributed by atoms with van der Waals surface area (Å²) >= 11 is 0. The highest BCUT2D eigenvalue weighted by Crippen LogP contribution is 2.14. The third-order valence-corrected chi connectivity index (χ3v) is 3.23. The Kier molecular flexibility index (Phi) is 5.15. The molecular formula is C14H22N4O. The number of nitrogens with one attached hydrogen (secondary N) is 2. The van der Waals surface area contributed by atoms with E-state index < -0.39 is 0 Å². The summed E-state index contributed by atoms with van der Waals surface area (Å²) in [6, 6.07) is 4.07. The second kappa shape index (κ2) is 7.09. The molecule has 1 amide bonds. The molecule has 2 heterocycles. The van der Waals surface area contributed by atoms with Gasteiger partial charge in [-0.25, -0.2) is 4.98 Å². The standard InChI is InChI=1S/C14H22N4O/c1-2-6-16-14-12(4-3-7-17-14)11-18-9-5-13(19)15-8-10-18/h3-4,7H,2,5-6,8-11H2,1H3,(H,15,19)(H,16,17). The molecule has 0 aromatic carbocycles. The Balaban J connectivity index is 1.99. The molecule has 19 heavy (non-hydrogen) atoms. The third-order valence-electron chi connectivity index (χ3n) is 3.23. The predicted octanol–water partition coefficient (Wildman–Crippen LogP) is 1.23. The first kappa shape index (κ1) is 13.8. The molecule has 0 aliphatic carbocycles. The van der Waals surface area contributed by atoms with Gasteiger partial charge in [0.15, 0.2) is 0 Å². The molecule has 0 bridgehead atoms. The van der Waals surface area contributed by atoms with Gasteiger partial charge in [-0.1, -0.05) is 13.0 Å². The molecule has 2 rings (SSSR count). The lowest BCUT2D eigenvalue weighted by atomic mass is 10.2. The zero-order valence-electron chi connectivity index (χ0n) is 11.5. The van der Waals surface area contributed by atoms with Gasteiger partial charge in [0.25, 0.3) is 0 Å². The van der Waals surface area contributed by atoms with Crippen molar-refractivity contribution in [2.45, 2.75) is 26.3 Å². The molecule has 0 radical (unpaired) electrons. The molecule has 1 aliphatic rings. The molecule has 5 heteroatoms. The first-order valence-corrected chi connectivity index (χ1v) is 6.96. The summed E-state index contributed by atoms with van der Waals surface area (Å²) in [5.74, 6) is 1.12. The number of hydrogen-bond donors (Lipinski definition) is 2. The summed E-state index contributed by atoms with van der Waals surface area (Å²) in [7, 11) is 0. The van der Waals surface area contributed by atoms with Crippen LogP contribution >= 0.6 is 0 Å². The van der Waals surface area contributed by atoms with E-state index in [4.69, 9.17) is 0 Å². The van der Waals surface area contributed by atoms with Crippen molar-refractivity contribution in [1.82, 2.24) is 15.2 Å². The Hall–Kier alpha value is -1.62. The van der Waals surface area contributed by atoms with E-state index in [0.29, 0.717) is 6.42 Å². The molecular weight excluding hydrogens is 240 g/mol. The highest BCUT2D eigenvalue weighted by Gasteiger charge is 2.14. The summed E-state index contributed by atoms with van der Waals surface area (Å²) in [5, 5.41) is 6.25. The van der Waals surface area contributed by atoms with Crippen LogP contribution in [0.3, 0.4) is 0 Å². The van der Waals surface area contributed by atoms with Crippen molar-refractivity contribution >= 4 is 11.7 Å². The quantitative estimate of drug-likeness (QED) is 0.838. The van der Waals surface area contributed by atoms with Gasteiger partial charge in [-0.05, 0) is 12.5 Å². The van der Waals surface area contributed by atoms with Crippen molar-refractivity contribution in [2.75, 3.05) is 31.5 Å². The lowest BCUT2D eigenvalue weighted by Gasteiger charge is -2.20. The maximum Gasteiger partial charge on any atom is 0.221 e. The van der Waals surface area contributed by atoms with Gasteiger partial charge in [-0.2, -0.15) is 0 Å². The number of carbonyl (C=O) groups is 1. The zero-order chi connectivity index (χ0) is 13.5. The number of nitrogens with zero attached hydrogens (tertiary/aromatic N) is 2. The van der Waals surface area contributed by atoms with Crippen LogP contribution in [0.25, 0.3) is 0 Å². The van der Waals surface area contributed by atoms with Crippen molar-refractivity contribution in [1.29, 1.82) is 0 Å². The van der Waals surface area contributed by atoms with E-state index in [-0.39, 0.29) is 5.91 Å². The smallest absolute Gasteiger partial charge is 0.221 e. The number of hydrogen-bond acceptors (Lipinski definition) is 4. The molecule has 1 aliphatic heterocycles. The van der Waals surface area contributed by atoms with E-state index in [1.807, 2.05) is 12.3 Å². The highest BCUT2D eigenvalue weighted by molar-refractivity contribution is 5.76. The molecule has 0 saturated carbocycles. The third kappa shape index (κ3) is 4.21. The van der Waals surface area contributed by atoms with Crippen molar-refractivity contribution < 1.29 is 4.79 Å². The van der Waals surface area contributed by atoms with Gasteiger partial charge in [-0.15, -0.1) is 0 Å². The lowest BCUT2D eigenvalue weighted by Crippen LogP contribution is -2.28. The van der Waals surface area contributed by atoms with Gasteiger partial charge < -0.3 is 10.6 Å². The second-order valence-electron chi connectivity index (χ2n) is 4.81. The number of rotatable bonds is 5. The van der Waals surface area contributed by atoms with E-state index in [0.717, 1.165) is 45.0 Å². The molecule has 1 saturated heterocycles. The minimum absolute atomic E-state index is 0.151. The summed E-state index contributed by atoms with van der Waals surface area (Å²) in [6.07, 6.45) is 3.48. The lowest BCUT2D eigenvalue weighted by molar-refractivity contribution is -0.120. The van der Waals surface area contributed by atoms with Crippen LogP contribution in [0.15, 0.2) is 18.3 Å². The molecule has 1 aromatic heterocycles. The van der Waals surface area contributed by atoms with E-state index in [9.17, 15) is 4.79 Å². The van der Waals surface area contributed by atoms with E-state index in [1.54, 1.807) is 0 Å². The van der Waals surface area contributed by atoms with Crippen molar-refractivity contribution in [3.05, 3.63) is 23.9 Å². The van der Waals surface area contributed by atoms with Gasteiger partial charge in [0.1, 0.15) is 5.82 Å². The summed E-state index contributed by atoms with van der Waals surface area (Å²) in [5.41, 5.74) is 1.20. The maximum absolute atomic E-state index is 11.3. The fourth-order valence-electron chi connectivity index (χ4n) is 2.18. The average molecular weight is 262 g/mol. The molecule has 5 nitrogen and oxygen atoms in total. The fraction of sp³-hybridized carbons (Fsp3) is 0.571. The Bertz CT molecular complexity index is 422. The van der Waals surface area contributed by atoms with Gasteiger partial charge in [0, 0.05) is 50.9 Å². The van der Waals surface area contributed by atoms with Gasteiger partial charge >= 0.3 is 0 Å². The Labute approximate surface area is 114 Å². The van der Waals surface area contributed by atoms with Crippen LogP contribution in [0.5, 0.6) is 0 Å². The zero-order valence-corrected chi connectivity index (χ0v) is 11.5. The van der Waals surface area contributed by atoms with Gasteiger partial charge in [0.2, 0.25) is 5.91 Å². The number of amides is 1. The topological polar surface area (TPSA) is 57.3 Å². The maximum atomic E-state index is 11.3. The molecule has 1 aromatic rings. The minimum atomic E-state index is 0.151. The summed E-state index contributed by atoms with van der Waals surface area (Å²) in [6.45, 7) is 6.36. The highest BCUT2D eigenvalue weighted by atomic mass is 16.1. The van der Waals surface area contributed by atoms with Crippen LogP contribution in [0.1, 0.15) is 25.3 Å². The first-order valence-electron chi connectivity index (χ1n) is 6.96. The Morgan fingerprint density at radius 3 is 3.21 bits per heavy atom. The summed E-state index contributed by atoms with van der Waals surface area (Å²) < 4.78 is 0. The Morgan fingerprint density at radius 2 is 2.37 bits per heavy atom. The van der Waals surface area contributed by atoms with Crippen LogP contribution in [0.4, 0.5) is 5.82 Å². The number of aromatic nitrogens is 1. The van der Waals surface area contributed by atoms with Crippen molar-refractivity contribution in [3.8, 4) is 0 Å². The number of pyridine rings is 1. The largest absolute Gasteiger partial charge is 0.370 e. The van der Waals surface area contributed by atoms with Crippen LogP contribution < -0.4 is 10.6 Å². The van der Waals surface area contributed by atoms with Gasteiger partial charge in [-0.3, -0.25) is 9.69 Å². The monoisotopic (exact) mass is 262 g/mol. The summed E-state index contributed by atoms with van der Waals surface area (Å²) in [4.78, 5) is 18.0. The minimum Gasteiger partial charge on any atom is -0.370 e. The van der Waals surface area contributed by atoms with E-state index >= 15 is 0 Å². The number of carbonyl (C=O) groups excluding carboxylic acids is 1. The fourth-order valence-corrected chi connectivity index (χ4v) is 2.18. The van der Waals surface area contributed by atoms with Crippen molar-refractivity contribution in [3.63, 3.8) is 0 Å². The van der Waals surface area contributed by atoms with Gasteiger partial charge in [0.05, 0.1) is 0 Å². The number of anilines is 1. The van der Waals surface area contributed by atoms with E-state index in [1.165, 1.54) is 5.56 Å². The van der Waals surface area contributed by atoms with Crippen LogP contribution in [-0.2, 0) is 11.3 Å². The first-order chi connectivity index (χ1) is 9.29. The van der Waals surface area contributed by atoms with Crippen LogP contribution in [0.2, 0.25) is 0 Å². The molecule has 1 fully saturated rings.